The van der Waals surface area contributed by atoms with Crippen LogP contribution in [0.3, 0.4) is 0 Å². The molecule has 3 nitrogen and oxygen atoms in total. The van der Waals surface area contributed by atoms with E-state index in [1.54, 1.807) is 0 Å². The molecule has 142 valence electrons. The Morgan fingerprint density at radius 3 is 2.93 bits per heavy atom. The maximum Gasteiger partial charge on any atom is 0.165 e. The van der Waals surface area contributed by atoms with E-state index in [0.29, 0.717) is 6.04 Å². The van der Waals surface area contributed by atoms with Gasteiger partial charge in [0.1, 0.15) is 0 Å². The summed E-state index contributed by atoms with van der Waals surface area (Å²) in [6.45, 7) is 3.20. The number of thioether (sulfide) groups is 1. The number of pyridine rings is 1. The molecule has 0 N–H and O–H groups in total. The number of hydrogen-bond donors (Lipinski definition) is 0. The Hall–Kier alpha value is -2.33. The van der Waals surface area contributed by atoms with Crippen LogP contribution in [-0.4, -0.2) is 26.8 Å². The van der Waals surface area contributed by atoms with Gasteiger partial charge in [-0.2, -0.15) is 0 Å². The van der Waals surface area contributed by atoms with E-state index in [2.05, 4.69) is 65.3 Å². The first-order chi connectivity index (χ1) is 13.8. The first-order valence-corrected chi connectivity index (χ1v) is 11.2. The lowest BCUT2D eigenvalue weighted by molar-refractivity contribution is 0.320. The summed E-state index contributed by atoms with van der Waals surface area (Å²) in [5.41, 5.74) is 5.19. The molecule has 0 aliphatic carbocycles. The largest absolute Gasteiger partial charge is 0.343 e. The average molecular weight is 388 g/mol. The normalized spacial score (nSPS) is 19.8. The third kappa shape index (κ3) is 3.30. The SMILES string of the molecule is CCCCc1cc2c(N=C3SC[C@@H]4Cc5ccccc5CN34)cccc2cn1. The molecule has 5 rings (SSSR count). The van der Waals surface area contributed by atoms with Crippen molar-refractivity contribution in [3.8, 4) is 0 Å². The molecule has 2 aliphatic rings. The quantitative estimate of drug-likeness (QED) is 0.571. The van der Waals surface area contributed by atoms with Gasteiger partial charge in [0.2, 0.25) is 0 Å². The summed E-state index contributed by atoms with van der Waals surface area (Å²) in [6.07, 6.45) is 6.55. The minimum Gasteiger partial charge on any atom is -0.343 e. The fraction of sp³-hybridized carbons (Fsp3) is 0.333. The van der Waals surface area contributed by atoms with E-state index >= 15 is 0 Å². The van der Waals surface area contributed by atoms with E-state index in [1.807, 2.05) is 18.0 Å². The zero-order valence-electron chi connectivity index (χ0n) is 16.3. The molecule has 0 bridgehead atoms. The molecule has 0 unspecified atom stereocenters. The Labute approximate surface area is 170 Å². The highest BCUT2D eigenvalue weighted by Gasteiger charge is 2.34. The van der Waals surface area contributed by atoms with Crippen molar-refractivity contribution >= 4 is 33.4 Å². The molecule has 2 aromatic carbocycles. The number of fused-ring (bicyclic) bond motifs is 3. The first kappa shape index (κ1) is 17.7. The molecule has 0 amide bonds. The van der Waals surface area contributed by atoms with Crippen molar-refractivity contribution in [3.05, 3.63) is 71.5 Å². The third-order valence-electron chi connectivity index (χ3n) is 5.81. The fourth-order valence-electron chi connectivity index (χ4n) is 4.20. The third-order valence-corrected chi connectivity index (χ3v) is 6.94. The lowest BCUT2D eigenvalue weighted by Gasteiger charge is -2.32. The number of nitrogens with zero attached hydrogens (tertiary/aromatic N) is 3. The van der Waals surface area contributed by atoms with Gasteiger partial charge in [0, 0.05) is 41.0 Å². The number of hydrogen-bond acceptors (Lipinski definition) is 3. The fourth-order valence-corrected chi connectivity index (χ4v) is 5.38. The summed E-state index contributed by atoms with van der Waals surface area (Å²) in [4.78, 5) is 12.3. The number of aromatic nitrogens is 1. The van der Waals surface area contributed by atoms with Crippen molar-refractivity contribution in [2.45, 2.75) is 45.2 Å². The summed E-state index contributed by atoms with van der Waals surface area (Å²) < 4.78 is 0. The zero-order chi connectivity index (χ0) is 18.9. The Balaban J connectivity index is 1.50. The zero-order valence-corrected chi connectivity index (χ0v) is 17.1. The van der Waals surface area contributed by atoms with E-state index in [-0.39, 0.29) is 0 Å². The van der Waals surface area contributed by atoms with Crippen LogP contribution in [0.25, 0.3) is 10.8 Å². The predicted octanol–water partition coefficient (Wildman–Crippen LogP) is 5.74. The van der Waals surface area contributed by atoms with Crippen LogP contribution in [0.4, 0.5) is 5.69 Å². The smallest absolute Gasteiger partial charge is 0.165 e. The number of unbranched alkanes of at least 4 members (excludes halogenated alkanes) is 1. The van der Waals surface area contributed by atoms with Crippen molar-refractivity contribution < 1.29 is 0 Å². The van der Waals surface area contributed by atoms with Gasteiger partial charge in [-0.25, -0.2) is 4.99 Å². The van der Waals surface area contributed by atoms with Gasteiger partial charge in [0.25, 0.3) is 0 Å². The standard InChI is InChI=1S/C24H25N3S/c1-2-3-10-20-13-22-18(14-25-20)9-6-11-23(22)26-24-27-15-19-8-5-4-7-17(19)12-21(27)16-28-24/h4-9,11,13-14,21H,2-3,10,12,15-16H2,1H3/t21-/m0/s1. The Bertz CT molecular complexity index is 1040. The average Bonchev–Trinajstić information content (AvgIpc) is 3.12. The molecule has 2 aliphatic heterocycles. The van der Waals surface area contributed by atoms with Gasteiger partial charge >= 0.3 is 0 Å². The van der Waals surface area contributed by atoms with Crippen LogP contribution in [0.5, 0.6) is 0 Å². The van der Waals surface area contributed by atoms with Gasteiger partial charge in [-0.3, -0.25) is 4.98 Å². The highest BCUT2D eigenvalue weighted by Crippen LogP contribution is 2.36. The highest BCUT2D eigenvalue weighted by molar-refractivity contribution is 8.14. The van der Waals surface area contributed by atoms with Gasteiger partial charge in [0.15, 0.2) is 5.17 Å². The number of aryl methyl sites for hydroxylation is 1. The second-order valence-corrected chi connectivity index (χ2v) is 8.72. The summed E-state index contributed by atoms with van der Waals surface area (Å²) in [5, 5.41) is 3.56. The van der Waals surface area contributed by atoms with Crippen LogP contribution in [0.15, 0.2) is 59.7 Å². The summed E-state index contributed by atoms with van der Waals surface area (Å²) in [7, 11) is 0. The molecule has 3 heterocycles. The van der Waals surface area contributed by atoms with E-state index in [9.17, 15) is 0 Å². The van der Waals surface area contributed by atoms with E-state index < -0.39 is 0 Å². The topological polar surface area (TPSA) is 28.5 Å². The van der Waals surface area contributed by atoms with Crippen LogP contribution in [0.2, 0.25) is 0 Å². The van der Waals surface area contributed by atoms with Crippen molar-refractivity contribution in [1.29, 1.82) is 0 Å². The molecule has 4 heteroatoms. The van der Waals surface area contributed by atoms with Crippen molar-refractivity contribution in [2.24, 2.45) is 4.99 Å². The molecule has 1 fully saturated rings. The van der Waals surface area contributed by atoms with Crippen LogP contribution in [0.1, 0.15) is 36.6 Å². The second-order valence-electron chi connectivity index (χ2n) is 7.74. The monoisotopic (exact) mass is 387 g/mol. The molecule has 0 saturated carbocycles. The van der Waals surface area contributed by atoms with Crippen molar-refractivity contribution in [2.75, 3.05) is 5.75 Å². The van der Waals surface area contributed by atoms with E-state index in [4.69, 9.17) is 4.99 Å². The van der Waals surface area contributed by atoms with Gasteiger partial charge in [-0.15, -0.1) is 0 Å². The molecule has 1 saturated heterocycles. The van der Waals surface area contributed by atoms with Gasteiger partial charge in [0.05, 0.1) is 5.69 Å². The van der Waals surface area contributed by atoms with E-state index in [0.717, 1.165) is 30.8 Å². The van der Waals surface area contributed by atoms with Gasteiger partial charge in [-0.05, 0) is 42.5 Å². The molecule has 0 radical (unpaired) electrons. The van der Waals surface area contributed by atoms with Gasteiger partial charge in [-0.1, -0.05) is 61.5 Å². The molecule has 0 spiro atoms. The number of amidine groups is 1. The summed E-state index contributed by atoms with van der Waals surface area (Å²) >= 11 is 1.90. The maximum atomic E-state index is 5.14. The Morgan fingerprint density at radius 2 is 2.04 bits per heavy atom. The van der Waals surface area contributed by atoms with Crippen LogP contribution < -0.4 is 0 Å². The summed E-state index contributed by atoms with van der Waals surface area (Å²) in [6, 6.07) is 18.0. The molecular formula is C24H25N3S. The van der Waals surface area contributed by atoms with Crippen molar-refractivity contribution in [1.82, 2.24) is 9.88 Å². The molecule has 3 aromatic rings. The van der Waals surface area contributed by atoms with Gasteiger partial charge < -0.3 is 4.90 Å². The number of benzene rings is 2. The highest BCUT2D eigenvalue weighted by atomic mass is 32.2. The summed E-state index contributed by atoms with van der Waals surface area (Å²) in [5.74, 6) is 1.13. The molecule has 1 atom stereocenters. The first-order valence-electron chi connectivity index (χ1n) is 10.2. The Morgan fingerprint density at radius 1 is 1.14 bits per heavy atom. The van der Waals surface area contributed by atoms with Crippen LogP contribution >= 0.6 is 11.8 Å². The number of aliphatic imine (C=N–C) groups is 1. The van der Waals surface area contributed by atoms with Crippen LogP contribution in [-0.2, 0) is 19.4 Å². The Kier molecular flexibility index (Phi) is 4.81. The molecule has 28 heavy (non-hydrogen) atoms. The van der Waals surface area contributed by atoms with Crippen LogP contribution in [0, 0.1) is 0 Å². The number of rotatable bonds is 4. The maximum absolute atomic E-state index is 5.14. The minimum atomic E-state index is 0.565. The molecule has 1 aromatic heterocycles. The lowest BCUT2D eigenvalue weighted by Crippen LogP contribution is -2.38. The minimum absolute atomic E-state index is 0.565. The predicted molar refractivity (Wildman–Crippen MR) is 119 cm³/mol. The molecular weight excluding hydrogens is 362 g/mol. The second kappa shape index (κ2) is 7.59. The van der Waals surface area contributed by atoms with E-state index in [1.165, 1.54) is 45.6 Å². The van der Waals surface area contributed by atoms with Crippen molar-refractivity contribution in [3.63, 3.8) is 0 Å². The lowest BCUT2D eigenvalue weighted by atomic mass is 9.95.